The fourth-order valence-electron chi connectivity index (χ4n) is 1.86. The predicted molar refractivity (Wildman–Crippen MR) is 80.4 cm³/mol. The van der Waals surface area contributed by atoms with E-state index in [2.05, 4.69) is 20.5 Å². The molecule has 0 aromatic carbocycles. The minimum atomic E-state index is -4.54. The number of anilines is 1. The Kier molecular flexibility index (Phi) is 4.98. The van der Waals surface area contributed by atoms with Gasteiger partial charge in [0.05, 0.1) is 11.3 Å². The molecule has 0 atom stereocenters. The van der Waals surface area contributed by atoms with E-state index in [0.717, 1.165) is 23.6 Å². The van der Waals surface area contributed by atoms with Gasteiger partial charge < -0.3 is 0 Å². The van der Waals surface area contributed by atoms with Gasteiger partial charge >= 0.3 is 6.18 Å². The molecule has 2 aromatic rings. The Bertz CT molecular complexity index is 712. The largest absolute Gasteiger partial charge is 0.433 e. The first kappa shape index (κ1) is 17.3. The molecule has 9 heteroatoms. The summed E-state index contributed by atoms with van der Waals surface area (Å²) in [6.07, 6.45) is -3.79. The van der Waals surface area contributed by atoms with Gasteiger partial charge in [0.1, 0.15) is 10.7 Å². The Morgan fingerprint density at radius 2 is 2.00 bits per heavy atom. The lowest BCUT2D eigenvalue weighted by molar-refractivity contribution is -0.141. The molecule has 0 saturated carbocycles. The molecule has 0 spiro atoms. The Morgan fingerprint density at radius 1 is 1.30 bits per heavy atom. The highest BCUT2D eigenvalue weighted by Crippen LogP contribution is 2.28. The number of nitrogens with zero attached hydrogens (tertiary/aromatic N) is 3. The zero-order valence-corrected chi connectivity index (χ0v) is 13.5. The van der Waals surface area contributed by atoms with Crippen molar-refractivity contribution >= 4 is 22.4 Å². The smallest absolute Gasteiger partial charge is 0.296 e. The molecule has 0 radical (unpaired) electrons. The van der Waals surface area contributed by atoms with Crippen LogP contribution < -0.4 is 5.32 Å². The van der Waals surface area contributed by atoms with E-state index in [1.165, 1.54) is 18.3 Å². The summed E-state index contributed by atoms with van der Waals surface area (Å²) in [7, 11) is 0. The van der Waals surface area contributed by atoms with Gasteiger partial charge in [0.2, 0.25) is 5.13 Å². The zero-order valence-electron chi connectivity index (χ0n) is 12.7. The Labute approximate surface area is 135 Å². The third kappa shape index (κ3) is 4.47. The molecule has 0 bridgehead atoms. The van der Waals surface area contributed by atoms with Gasteiger partial charge in [0.15, 0.2) is 0 Å². The van der Waals surface area contributed by atoms with Crippen molar-refractivity contribution in [3.05, 3.63) is 34.1 Å². The molecule has 124 valence electrons. The predicted octanol–water partition coefficient (Wildman–Crippen LogP) is 3.71. The lowest BCUT2D eigenvalue weighted by Crippen LogP contribution is -2.16. The van der Waals surface area contributed by atoms with Crippen molar-refractivity contribution in [2.75, 3.05) is 5.32 Å². The van der Waals surface area contributed by atoms with E-state index in [-0.39, 0.29) is 11.3 Å². The van der Waals surface area contributed by atoms with Crippen LogP contribution in [-0.4, -0.2) is 21.1 Å². The minimum absolute atomic E-state index is 0.00393. The summed E-state index contributed by atoms with van der Waals surface area (Å²) in [6.45, 7) is 5.43. The van der Waals surface area contributed by atoms with Gasteiger partial charge in [-0.25, -0.2) is 4.98 Å². The second kappa shape index (κ2) is 6.61. The van der Waals surface area contributed by atoms with E-state index >= 15 is 0 Å². The molecule has 2 heterocycles. The molecule has 2 rings (SSSR count). The molecular formula is C14H15F3N4OS. The normalized spacial score (nSPS) is 11.8. The van der Waals surface area contributed by atoms with Gasteiger partial charge in [-0.15, -0.1) is 10.2 Å². The fourth-order valence-corrected chi connectivity index (χ4v) is 2.81. The number of carbonyl (C=O) groups is 1. The standard InChI is InChI=1S/C14H15F3N4OS/c1-7(2)6-11-20-21-13(23-11)19-12(22)9-4-5-10(14(15,16)17)18-8(9)3/h4-5,7H,6H2,1-3H3,(H,19,21,22). The number of amides is 1. The first-order valence-corrected chi connectivity index (χ1v) is 7.67. The highest BCUT2D eigenvalue weighted by atomic mass is 32.1. The number of carbonyl (C=O) groups excluding carboxylic acids is 1. The number of alkyl halides is 3. The number of nitrogens with one attached hydrogen (secondary N) is 1. The molecule has 1 N–H and O–H groups in total. The number of rotatable bonds is 4. The van der Waals surface area contributed by atoms with Crippen molar-refractivity contribution in [1.29, 1.82) is 0 Å². The van der Waals surface area contributed by atoms with Crippen molar-refractivity contribution in [2.24, 2.45) is 5.92 Å². The number of halogens is 3. The lowest BCUT2D eigenvalue weighted by Gasteiger charge is -2.09. The molecule has 0 aliphatic heterocycles. The highest BCUT2D eigenvalue weighted by molar-refractivity contribution is 7.15. The van der Waals surface area contributed by atoms with Crippen molar-refractivity contribution in [2.45, 2.75) is 33.4 Å². The fraction of sp³-hybridized carbons (Fsp3) is 0.429. The van der Waals surface area contributed by atoms with Crippen LogP contribution in [0.15, 0.2) is 12.1 Å². The maximum atomic E-state index is 12.6. The van der Waals surface area contributed by atoms with Crippen LogP contribution in [0.3, 0.4) is 0 Å². The third-order valence-electron chi connectivity index (χ3n) is 2.89. The van der Waals surface area contributed by atoms with Gasteiger partial charge in [-0.2, -0.15) is 13.2 Å². The van der Waals surface area contributed by atoms with Crippen molar-refractivity contribution < 1.29 is 18.0 Å². The summed E-state index contributed by atoms with van der Waals surface area (Å²) in [5, 5.41) is 11.5. The van der Waals surface area contributed by atoms with Crippen LogP contribution in [0.25, 0.3) is 0 Å². The van der Waals surface area contributed by atoms with Crippen LogP contribution in [-0.2, 0) is 12.6 Å². The third-order valence-corrected chi connectivity index (χ3v) is 3.75. The van der Waals surface area contributed by atoms with Crippen LogP contribution in [0.5, 0.6) is 0 Å². The average molecular weight is 344 g/mol. The molecule has 0 aliphatic rings. The summed E-state index contributed by atoms with van der Waals surface area (Å²) in [5.41, 5.74) is -0.954. The monoisotopic (exact) mass is 344 g/mol. The van der Waals surface area contributed by atoms with Crippen molar-refractivity contribution in [3.63, 3.8) is 0 Å². The number of aryl methyl sites for hydroxylation is 1. The quantitative estimate of drug-likeness (QED) is 0.918. The molecule has 5 nitrogen and oxygen atoms in total. The summed E-state index contributed by atoms with van der Waals surface area (Å²) in [6, 6.07) is 1.89. The van der Waals surface area contributed by atoms with Crippen LogP contribution in [0.1, 0.15) is 40.6 Å². The maximum Gasteiger partial charge on any atom is 0.433 e. The van der Waals surface area contributed by atoms with Crippen LogP contribution in [0, 0.1) is 12.8 Å². The van der Waals surface area contributed by atoms with Gasteiger partial charge in [0.25, 0.3) is 5.91 Å². The molecule has 0 unspecified atom stereocenters. The Hall–Kier alpha value is -2.03. The van der Waals surface area contributed by atoms with Gasteiger partial charge in [-0.05, 0) is 25.0 Å². The number of hydrogen-bond acceptors (Lipinski definition) is 5. The molecule has 2 aromatic heterocycles. The molecule has 0 aliphatic carbocycles. The topological polar surface area (TPSA) is 67.8 Å². The second-order valence-corrected chi connectivity index (χ2v) is 6.44. The van der Waals surface area contributed by atoms with E-state index < -0.39 is 17.8 Å². The zero-order chi connectivity index (χ0) is 17.2. The van der Waals surface area contributed by atoms with E-state index in [9.17, 15) is 18.0 Å². The molecular weight excluding hydrogens is 329 g/mol. The van der Waals surface area contributed by atoms with Gasteiger partial charge in [-0.3, -0.25) is 10.1 Å². The lowest BCUT2D eigenvalue weighted by atomic mass is 10.1. The van der Waals surface area contributed by atoms with E-state index in [1.54, 1.807) is 0 Å². The van der Waals surface area contributed by atoms with E-state index in [4.69, 9.17) is 0 Å². The van der Waals surface area contributed by atoms with Gasteiger partial charge in [0, 0.05) is 6.42 Å². The van der Waals surface area contributed by atoms with Crippen molar-refractivity contribution in [1.82, 2.24) is 15.2 Å². The molecule has 0 fully saturated rings. The maximum absolute atomic E-state index is 12.6. The van der Waals surface area contributed by atoms with E-state index in [1.807, 2.05) is 13.8 Å². The summed E-state index contributed by atoms with van der Waals surface area (Å²) in [4.78, 5) is 15.6. The summed E-state index contributed by atoms with van der Waals surface area (Å²) < 4.78 is 37.7. The van der Waals surface area contributed by atoms with E-state index in [0.29, 0.717) is 11.0 Å². The first-order valence-electron chi connectivity index (χ1n) is 6.85. The number of hydrogen-bond donors (Lipinski definition) is 1. The average Bonchev–Trinajstić information content (AvgIpc) is 2.83. The van der Waals surface area contributed by atoms with Crippen LogP contribution in [0.4, 0.5) is 18.3 Å². The van der Waals surface area contributed by atoms with Crippen LogP contribution >= 0.6 is 11.3 Å². The highest BCUT2D eigenvalue weighted by Gasteiger charge is 2.33. The number of aromatic nitrogens is 3. The van der Waals surface area contributed by atoms with Gasteiger partial charge in [-0.1, -0.05) is 25.2 Å². The molecule has 23 heavy (non-hydrogen) atoms. The Balaban J connectivity index is 2.13. The summed E-state index contributed by atoms with van der Waals surface area (Å²) >= 11 is 1.24. The SMILES string of the molecule is Cc1nc(C(F)(F)F)ccc1C(=O)Nc1nnc(CC(C)C)s1. The molecule has 0 saturated heterocycles. The molecule has 1 amide bonds. The first-order chi connectivity index (χ1) is 10.7. The second-order valence-electron chi connectivity index (χ2n) is 5.38. The number of pyridine rings is 1. The Morgan fingerprint density at radius 3 is 2.57 bits per heavy atom. The van der Waals surface area contributed by atoms with Crippen LogP contribution in [0.2, 0.25) is 0 Å². The summed E-state index contributed by atoms with van der Waals surface area (Å²) in [5.74, 6) is -0.149. The van der Waals surface area contributed by atoms with Crippen molar-refractivity contribution in [3.8, 4) is 0 Å². The minimum Gasteiger partial charge on any atom is -0.296 e.